The normalized spacial score (nSPS) is 13.1. The molecule has 0 aliphatic heterocycles. The van der Waals surface area contributed by atoms with Crippen LogP contribution in [0, 0.1) is 18.7 Å². The number of rotatable bonds is 6. The summed E-state index contributed by atoms with van der Waals surface area (Å²) in [4.78, 5) is 7.80. The topological polar surface area (TPSA) is 98.0 Å². The van der Waals surface area contributed by atoms with Gasteiger partial charge in [0.15, 0.2) is 0 Å². The summed E-state index contributed by atoms with van der Waals surface area (Å²) in [5.41, 5.74) is 1.32. The Morgan fingerprint density at radius 2 is 1.85 bits per heavy atom. The highest BCUT2D eigenvalue weighted by Crippen LogP contribution is 2.26. The molecule has 27 heavy (non-hydrogen) atoms. The lowest BCUT2D eigenvalue weighted by atomic mass is 10.1. The number of halogens is 1. The minimum absolute atomic E-state index is 0.105. The van der Waals surface area contributed by atoms with Gasteiger partial charge in [-0.3, -0.25) is 4.98 Å². The van der Waals surface area contributed by atoms with Gasteiger partial charge in [-0.25, -0.2) is 12.8 Å². The van der Waals surface area contributed by atoms with E-state index in [0.29, 0.717) is 17.0 Å². The number of hydrogen-bond acceptors (Lipinski definition) is 6. The van der Waals surface area contributed by atoms with Gasteiger partial charge in [0.25, 0.3) is 0 Å². The Labute approximate surface area is 156 Å². The molecule has 0 fully saturated rings. The first-order chi connectivity index (χ1) is 12.8. The van der Waals surface area contributed by atoms with Gasteiger partial charge in [0, 0.05) is 18.0 Å². The van der Waals surface area contributed by atoms with Crippen molar-refractivity contribution in [3.8, 4) is 11.4 Å². The van der Waals surface area contributed by atoms with Crippen LogP contribution in [0.2, 0.25) is 0 Å². The van der Waals surface area contributed by atoms with Crippen LogP contribution >= 0.6 is 0 Å². The maximum Gasteiger partial charge on any atom is 0.245 e. The van der Waals surface area contributed by atoms with Crippen molar-refractivity contribution in [2.24, 2.45) is 5.92 Å². The third kappa shape index (κ3) is 4.20. The highest BCUT2D eigenvalue weighted by molar-refractivity contribution is 7.89. The summed E-state index contributed by atoms with van der Waals surface area (Å²) in [6, 6.07) is 6.54. The van der Waals surface area contributed by atoms with E-state index >= 15 is 0 Å². The van der Waals surface area contributed by atoms with E-state index in [1.807, 2.05) is 0 Å². The molecule has 0 spiro atoms. The Kier molecular flexibility index (Phi) is 5.33. The largest absolute Gasteiger partial charge is 0.337 e. The van der Waals surface area contributed by atoms with Crippen molar-refractivity contribution in [3.05, 3.63) is 60.0 Å². The lowest BCUT2D eigenvalue weighted by Gasteiger charge is -2.19. The quantitative estimate of drug-likeness (QED) is 0.694. The van der Waals surface area contributed by atoms with Gasteiger partial charge in [0.05, 0.1) is 0 Å². The lowest BCUT2D eigenvalue weighted by molar-refractivity contribution is 0.311. The molecule has 3 rings (SSSR count). The summed E-state index contributed by atoms with van der Waals surface area (Å²) in [5, 5.41) is 3.90. The van der Waals surface area contributed by atoms with Gasteiger partial charge in [0.2, 0.25) is 21.7 Å². The maximum atomic E-state index is 14.1. The van der Waals surface area contributed by atoms with Crippen molar-refractivity contribution >= 4 is 10.0 Å². The van der Waals surface area contributed by atoms with E-state index < -0.39 is 26.8 Å². The number of pyridine rings is 1. The van der Waals surface area contributed by atoms with Crippen LogP contribution in [0.1, 0.15) is 31.3 Å². The minimum Gasteiger partial charge on any atom is -0.337 e. The SMILES string of the molecule is Cc1ccc(F)c(S(=O)(=O)NC(c2nc(-c3ccncc3)no2)C(C)C)c1. The van der Waals surface area contributed by atoms with Crippen LogP contribution in [0.3, 0.4) is 0 Å². The average Bonchev–Trinajstić information content (AvgIpc) is 3.12. The van der Waals surface area contributed by atoms with E-state index in [1.165, 1.54) is 12.1 Å². The van der Waals surface area contributed by atoms with Crippen LogP contribution in [0.5, 0.6) is 0 Å². The molecule has 0 amide bonds. The molecule has 0 saturated carbocycles. The number of nitrogens with one attached hydrogen (secondary N) is 1. The van der Waals surface area contributed by atoms with Crippen LogP contribution in [0.15, 0.2) is 52.1 Å². The average molecular weight is 390 g/mol. The molecule has 1 unspecified atom stereocenters. The molecule has 1 atom stereocenters. The van der Waals surface area contributed by atoms with Gasteiger partial charge in [-0.15, -0.1) is 0 Å². The third-order valence-corrected chi connectivity index (χ3v) is 5.43. The maximum absolute atomic E-state index is 14.1. The summed E-state index contributed by atoms with van der Waals surface area (Å²) in [7, 11) is -4.12. The molecule has 0 bridgehead atoms. The highest BCUT2D eigenvalue weighted by atomic mass is 32.2. The monoisotopic (exact) mass is 390 g/mol. The van der Waals surface area contributed by atoms with Gasteiger partial charge >= 0.3 is 0 Å². The van der Waals surface area contributed by atoms with Gasteiger partial charge in [0.1, 0.15) is 16.8 Å². The molecule has 9 heteroatoms. The van der Waals surface area contributed by atoms with Crippen molar-refractivity contribution in [3.63, 3.8) is 0 Å². The number of aromatic nitrogens is 3. The second-order valence-electron chi connectivity index (χ2n) is 6.47. The molecule has 1 N–H and O–H groups in total. The Hall–Kier alpha value is -2.65. The molecule has 0 radical (unpaired) electrons. The summed E-state index contributed by atoms with van der Waals surface area (Å²) in [6.45, 7) is 5.30. The van der Waals surface area contributed by atoms with Crippen molar-refractivity contribution in [1.29, 1.82) is 0 Å². The van der Waals surface area contributed by atoms with Gasteiger partial charge in [-0.05, 0) is 42.7 Å². The standard InChI is InChI=1S/C18H19FN4O3S/c1-11(2)16(18-21-17(22-26-18)13-6-8-20-9-7-13)23-27(24,25)15-10-12(3)4-5-14(15)19/h4-11,16,23H,1-3H3. The number of nitrogens with zero attached hydrogens (tertiary/aromatic N) is 3. The van der Waals surface area contributed by atoms with Crippen LogP contribution < -0.4 is 4.72 Å². The van der Waals surface area contributed by atoms with Crippen molar-refractivity contribution in [1.82, 2.24) is 19.8 Å². The highest BCUT2D eigenvalue weighted by Gasteiger charge is 2.30. The molecule has 142 valence electrons. The lowest BCUT2D eigenvalue weighted by Crippen LogP contribution is -2.32. The number of benzene rings is 1. The van der Waals surface area contributed by atoms with Gasteiger partial charge in [-0.2, -0.15) is 9.71 Å². The summed E-state index contributed by atoms with van der Waals surface area (Å²) in [6.07, 6.45) is 3.18. The fourth-order valence-corrected chi connectivity index (χ4v) is 4.00. The smallest absolute Gasteiger partial charge is 0.245 e. The van der Waals surface area contributed by atoms with Gasteiger partial charge < -0.3 is 4.52 Å². The second kappa shape index (κ2) is 7.53. The zero-order valence-electron chi connectivity index (χ0n) is 15.0. The van der Waals surface area contributed by atoms with Gasteiger partial charge in [-0.1, -0.05) is 25.1 Å². The predicted octanol–water partition coefficient (Wildman–Crippen LogP) is 3.25. The molecule has 2 heterocycles. The summed E-state index contributed by atoms with van der Waals surface area (Å²) in [5.74, 6) is -0.607. The zero-order chi connectivity index (χ0) is 19.6. The number of hydrogen-bond donors (Lipinski definition) is 1. The first-order valence-electron chi connectivity index (χ1n) is 8.30. The Bertz CT molecular complexity index is 1040. The second-order valence-corrected chi connectivity index (χ2v) is 8.15. The Balaban J connectivity index is 1.93. The molecule has 0 saturated heterocycles. The van der Waals surface area contributed by atoms with E-state index in [0.717, 1.165) is 6.07 Å². The summed E-state index contributed by atoms with van der Waals surface area (Å²) < 4.78 is 47.3. The third-order valence-electron chi connectivity index (χ3n) is 3.97. The van der Waals surface area contributed by atoms with Crippen LogP contribution in [0.4, 0.5) is 4.39 Å². The molecular formula is C18H19FN4O3S. The zero-order valence-corrected chi connectivity index (χ0v) is 15.9. The molecule has 1 aromatic carbocycles. The van der Waals surface area contributed by atoms with Crippen LogP contribution in [0.25, 0.3) is 11.4 Å². The van der Waals surface area contributed by atoms with E-state index in [9.17, 15) is 12.8 Å². The Morgan fingerprint density at radius 3 is 2.52 bits per heavy atom. The number of aryl methyl sites for hydroxylation is 1. The molecule has 0 aliphatic rings. The summed E-state index contributed by atoms with van der Waals surface area (Å²) >= 11 is 0. The van der Waals surface area contributed by atoms with E-state index in [4.69, 9.17) is 4.52 Å². The fraction of sp³-hybridized carbons (Fsp3) is 0.278. The Morgan fingerprint density at radius 1 is 1.15 bits per heavy atom. The molecule has 2 aromatic heterocycles. The molecule has 7 nitrogen and oxygen atoms in total. The van der Waals surface area contributed by atoms with E-state index in [1.54, 1.807) is 45.3 Å². The van der Waals surface area contributed by atoms with Crippen molar-refractivity contribution in [2.45, 2.75) is 31.7 Å². The number of sulfonamides is 1. The first-order valence-corrected chi connectivity index (χ1v) is 9.79. The van der Waals surface area contributed by atoms with Crippen molar-refractivity contribution < 1.29 is 17.3 Å². The first kappa shape index (κ1) is 19.1. The minimum atomic E-state index is -4.12. The van der Waals surface area contributed by atoms with E-state index in [2.05, 4.69) is 19.8 Å². The van der Waals surface area contributed by atoms with Crippen LogP contribution in [-0.4, -0.2) is 23.5 Å². The van der Waals surface area contributed by atoms with Crippen LogP contribution in [-0.2, 0) is 10.0 Å². The van der Waals surface area contributed by atoms with E-state index in [-0.39, 0.29) is 11.8 Å². The molecule has 0 aliphatic carbocycles. The predicted molar refractivity (Wildman–Crippen MR) is 96.6 cm³/mol. The molecular weight excluding hydrogens is 371 g/mol. The van der Waals surface area contributed by atoms with Crippen molar-refractivity contribution in [2.75, 3.05) is 0 Å². The fourth-order valence-electron chi connectivity index (χ4n) is 2.50. The molecule has 3 aromatic rings.